The van der Waals surface area contributed by atoms with Crippen molar-refractivity contribution in [1.82, 2.24) is 29.5 Å². The van der Waals surface area contributed by atoms with Crippen molar-refractivity contribution in [2.45, 2.75) is 37.2 Å². The molecule has 0 bridgehead atoms. The van der Waals surface area contributed by atoms with E-state index in [1.807, 2.05) is 29.0 Å². The fourth-order valence-electron chi connectivity index (χ4n) is 4.64. The van der Waals surface area contributed by atoms with Gasteiger partial charge in [0.2, 0.25) is 0 Å². The lowest BCUT2D eigenvalue weighted by atomic mass is 9.90. The van der Waals surface area contributed by atoms with Gasteiger partial charge in [-0.3, -0.25) is 4.79 Å². The molecule has 0 spiro atoms. The number of nitrogens with zero attached hydrogens (tertiary/aromatic N) is 5. The Bertz CT molecular complexity index is 1400. The molecule has 6 rings (SSSR count). The molecule has 10 nitrogen and oxygen atoms in total. The Hall–Kier alpha value is -3.57. The van der Waals surface area contributed by atoms with Crippen LogP contribution in [0.2, 0.25) is 0 Å². The van der Waals surface area contributed by atoms with Gasteiger partial charge in [0.05, 0.1) is 37.2 Å². The van der Waals surface area contributed by atoms with Crippen molar-refractivity contribution in [3.63, 3.8) is 0 Å². The largest absolute Gasteiger partial charge is 0.388 e. The number of fused-ring (bicyclic) bond motifs is 2. The van der Waals surface area contributed by atoms with Gasteiger partial charge in [-0.15, -0.1) is 0 Å². The maximum absolute atomic E-state index is 13.7. The first-order valence-electron chi connectivity index (χ1n) is 11.3. The first-order valence-corrected chi connectivity index (χ1v) is 11.3. The van der Waals surface area contributed by atoms with Crippen molar-refractivity contribution in [3.8, 4) is 11.3 Å². The smallest absolute Gasteiger partial charge is 0.257 e. The number of ether oxygens (including phenoxy) is 1. The number of alkyl halides is 1. The molecule has 1 amide bonds. The van der Waals surface area contributed by atoms with Gasteiger partial charge in [-0.25, -0.2) is 14.4 Å². The van der Waals surface area contributed by atoms with E-state index in [0.29, 0.717) is 42.3 Å². The molecule has 0 radical (unpaired) electrons. The van der Waals surface area contributed by atoms with Gasteiger partial charge in [0.15, 0.2) is 5.65 Å². The summed E-state index contributed by atoms with van der Waals surface area (Å²) in [5.74, 6) is 0.240. The molecular weight excluding hydrogens is 441 g/mol. The molecule has 5 heterocycles. The van der Waals surface area contributed by atoms with Crippen LogP contribution in [0.15, 0.2) is 36.8 Å². The molecule has 1 saturated heterocycles. The number of hydrogen-bond donors (Lipinski definition) is 3. The lowest BCUT2D eigenvalue weighted by molar-refractivity contribution is 0.0826. The third-order valence-corrected chi connectivity index (χ3v) is 6.72. The SMILES string of the molecule is CNc1cc(-c2cn([C@@H]3COC[C@H]3O)c3ncccc23)nc2c(C(=O)NC3CC[C@H]3F)cnn12. The Morgan fingerprint density at radius 2 is 2.18 bits per heavy atom. The van der Waals surface area contributed by atoms with Crippen molar-refractivity contribution in [1.29, 1.82) is 0 Å². The second kappa shape index (κ2) is 8.03. The van der Waals surface area contributed by atoms with E-state index >= 15 is 0 Å². The minimum atomic E-state index is -1.02. The summed E-state index contributed by atoms with van der Waals surface area (Å²) < 4.78 is 22.7. The fraction of sp³-hybridized carbons (Fsp3) is 0.391. The van der Waals surface area contributed by atoms with E-state index in [2.05, 4.69) is 20.7 Å². The Kier molecular flexibility index (Phi) is 4.96. The molecule has 2 aliphatic rings. The summed E-state index contributed by atoms with van der Waals surface area (Å²) in [6.07, 6.45) is 4.50. The van der Waals surface area contributed by atoms with E-state index < -0.39 is 24.2 Å². The van der Waals surface area contributed by atoms with Crippen LogP contribution < -0.4 is 10.6 Å². The average molecular weight is 465 g/mol. The zero-order valence-electron chi connectivity index (χ0n) is 18.5. The predicted molar refractivity (Wildman–Crippen MR) is 123 cm³/mol. The number of halogens is 1. The number of aliphatic hydroxyl groups excluding tert-OH is 1. The van der Waals surface area contributed by atoms with Gasteiger partial charge in [0, 0.05) is 36.5 Å². The molecule has 4 atom stereocenters. The molecule has 1 unspecified atom stereocenters. The highest BCUT2D eigenvalue weighted by Crippen LogP contribution is 2.34. The highest BCUT2D eigenvalue weighted by molar-refractivity contribution is 6.01. The van der Waals surface area contributed by atoms with E-state index in [1.165, 1.54) is 6.20 Å². The minimum Gasteiger partial charge on any atom is -0.388 e. The number of pyridine rings is 1. The molecule has 4 aromatic rings. The predicted octanol–water partition coefficient (Wildman–Crippen LogP) is 1.95. The molecule has 4 aromatic heterocycles. The Balaban J connectivity index is 1.48. The standard InChI is InChI=1S/C23H24FN7O3/c1-25-20-7-17(28-22-13(8-27-31(20)22)23(33)29-16-5-4-15(16)24)14-9-30(18-10-34-11-19(18)32)21-12(14)3-2-6-26-21/h2-3,6-9,15-16,18-19,25,32H,4-5,10-11H2,1H3,(H,29,33)/t15-,16?,18-,19-/m1/s1. The summed E-state index contributed by atoms with van der Waals surface area (Å²) in [5, 5.41) is 21.5. The van der Waals surface area contributed by atoms with E-state index in [4.69, 9.17) is 9.72 Å². The fourth-order valence-corrected chi connectivity index (χ4v) is 4.64. The highest BCUT2D eigenvalue weighted by atomic mass is 19.1. The van der Waals surface area contributed by atoms with Crippen molar-refractivity contribution in [3.05, 3.63) is 42.4 Å². The number of hydrogen-bond acceptors (Lipinski definition) is 7. The molecule has 3 N–H and O–H groups in total. The van der Waals surface area contributed by atoms with E-state index in [-0.39, 0.29) is 18.2 Å². The van der Waals surface area contributed by atoms with Crippen LogP contribution >= 0.6 is 0 Å². The maximum atomic E-state index is 13.7. The zero-order chi connectivity index (χ0) is 23.4. The third-order valence-electron chi connectivity index (χ3n) is 6.72. The van der Waals surface area contributed by atoms with Crippen LogP contribution in [0.4, 0.5) is 10.2 Å². The first-order chi connectivity index (χ1) is 16.5. The Labute approximate surface area is 193 Å². The van der Waals surface area contributed by atoms with E-state index in [0.717, 1.165) is 10.9 Å². The maximum Gasteiger partial charge on any atom is 0.257 e. The van der Waals surface area contributed by atoms with E-state index in [1.54, 1.807) is 17.8 Å². The van der Waals surface area contributed by atoms with Crippen LogP contribution in [-0.2, 0) is 4.74 Å². The minimum absolute atomic E-state index is 0.258. The van der Waals surface area contributed by atoms with Crippen molar-refractivity contribution in [2.75, 3.05) is 25.6 Å². The van der Waals surface area contributed by atoms with Crippen molar-refractivity contribution >= 4 is 28.4 Å². The summed E-state index contributed by atoms with van der Waals surface area (Å²) in [5.41, 5.74) is 2.77. The van der Waals surface area contributed by atoms with Crippen molar-refractivity contribution in [2.24, 2.45) is 0 Å². The van der Waals surface area contributed by atoms with Crippen molar-refractivity contribution < 1.29 is 19.0 Å². The molecule has 176 valence electrons. The molecule has 11 heteroatoms. The topological polar surface area (TPSA) is 119 Å². The second-order valence-electron chi connectivity index (χ2n) is 8.74. The van der Waals surface area contributed by atoms with Crippen LogP contribution in [0.3, 0.4) is 0 Å². The number of carbonyl (C=O) groups excluding carboxylic acids is 1. The van der Waals surface area contributed by atoms with Crippen LogP contribution in [0, 0.1) is 0 Å². The zero-order valence-corrected chi connectivity index (χ0v) is 18.5. The van der Waals surface area contributed by atoms with Crippen LogP contribution in [0.5, 0.6) is 0 Å². The highest BCUT2D eigenvalue weighted by Gasteiger charge is 2.33. The van der Waals surface area contributed by atoms with E-state index in [9.17, 15) is 14.3 Å². The average Bonchev–Trinajstić information content (AvgIpc) is 3.57. The summed E-state index contributed by atoms with van der Waals surface area (Å²) in [6.45, 7) is 0.661. The normalized spacial score (nSPS) is 24.4. The lowest BCUT2D eigenvalue weighted by Crippen LogP contribution is -2.48. The molecule has 34 heavy (non-hydrogen) atoms. The molecule has 1 aliphatic carbocycles. The third kappa shape index (κ3) is 3.23. The Morgan fingerprint density at radius 1 is 1.29 bits per heavy atom. The monoisotopic (exact) mass is 465 g/mol. The van der Waals surface area contributed by atoms with Crippen LogP contribution in [0.1, 0.15) is 29.2 Å². The number of nitrogens with one attached hydrogen (secondary N) is 2. The van der Waals surface area contributed by atoms with Crippen LogP contribution in [-0.4, -0.2) is 73.7 Å². The summed E-state index contributed by atoms with van der Waals surface area (Å²) in [4.78, 5) is 22.2. The van der Waals surface area contributed by atoms with Gasteiger partial charge >= 0.3 is 0 Å². The van der Waals surface area contributed by atoms with Gasteiger partial charge in [0.25, 0.3) is 5.91 Å². The number of amides is 1. The molecule has 1 aliphatic heterocycles. The van der Waals surface area contributed by atoms with Gasteiger partial charge in [0.1, 0.15) is 29.3 Å². The van der Waals surface area contributed by atoms with Crippen LogP contribution in [0.25, 0.3) is 27.9 Å². The molecular formula is C23H24FN7O3. The second-order valence-corrected chi connectivity index (χ2v) is 8.74. The number of rotatable bonds is 5. The Morgan fingerprint density at radius 3 is 2.88 bits per heavy atom. The number of aliphatic hydroxyl groups is 1. The number of anilines is 1. The lowest BCUT2D eigenvalue weighted by Gasteiger charge is -2.30. The molecule has 2 fully saturated rings. The first kappa shape index (κ1) is 21.0. The quantitative estimate of drug-likeness (QED) is 0.412. The summed E-state index contributed by atoms with van der Waals surface area (Å²) >= 11 is 0. The number of carbonyl (C=O) groups is 1. The van der Waals surface area contributed by atoms with Gasteiger partial charge in [-0.1, -0.05) is 0 Å². The van der Waals surface area contributed by atoms with Gasteiger partial charge in [-0.2, -0.15) is 9.61 Å². The summed E-state index contributed by atoms with van der Waals surface area (Å²) in [7, 11) is 1.76. The molecule has 0 aromatic carbocycles. The van der Waals surface area contributed by atoms with Gasteiger partial charge < -0.3 is 25.0 Å². The summed E-state index contributed by atoms with van der Waals surface area (Å²) in [6, 6.07) is 4.91. The van der Waals surface area contributed by atoms with Gasteiger partial charge in [-0.05, 0) is 25.0 Å². The number of aromatic nitrogens is 5. The molecule has 1 saturated carbocycles.